The van der Waals surface area contributed by atoms with Gasteiger partial charge in [0, 0.05) is 91.0 Å². The molecule has 0 saturated heterocycles. The summed E-state index contributed by atoms with van der Waals surface area (Å²) in [6.07, 6.45) is 23.9. The number of hydrogen-bond acceptors (Lipinski definition) is 6. The van der Waals surface area contributed by atoms with E-state index < -0.39 is 6.98 Å². The molecule has 9 aromatic rings. The largest absolute Gasteiger partial charge is 0.509 e. The number of rotatable bonds is 8. The summed E-state index contributed by atoms with van der Waals surface area (Å²) in [4.78, 5) is 9.45. The minimum Gasteiger partial charge on any atom is -0.509 e. The molecule has 76 heavy (non-hydrogen) atoms. The Kier molecular flexibility index (Phi) is 13.0. The average molecular weight is 1170 g/mol. The minimum atomic E-state index is -2.54. The van der Waals surface area contributed by atoms with Gasteiger partial charge >= 0.3 is 0 Å². The Morgan fingerprint density at radius 1 is 0.605 bits per heavy atom. The molecule has 0 saturated carbocycles. The van der Waals surface area contributed by atoms with E-state index in [4.69, 9.17) is 13.8 Å². The van der Waals surface area contributed by atoms with E-state index in [9.17, 15) is 0 Å². The Hall–Kier alpha value is -8.45. The molecule has 12 rings (SSSR count). The summed E-state index contributed by atoms with van der Waals surface area (Å²) in [7, 11) is 4.29. The molecule has 2 N–H and O–H groups in total. The molecule has 0 fully saturated rings. The smallest absolute Gasteiger partial charge is 0.213 e. The Morgan fingerprint density at radius 2 is 1.28 bits per heavy atom. The normalized spacial score (nSPS) is 19.0. The van der Waals surface area contributed by atoms with E-state index in [2.05, 4.69) is 178 Å². The summed E-state index contributed by atoms with van der Waals surface area (Å²) in [5, 5.41) is 8.29. The first-order chi connectivity index (χ1) is 38.0. The van der Waals surface area contributed by atoms with Crippen LogP contribution in [0.15, 0.2) is 225 Å². The van der Waals surface area contributed by atoms with Gasteiger partial charge in [0.15, 0.2) is 14.6 Å². The van der Waals surface area contributed by atoms with Gasteiger partial charge < -0.3 is 34.3 Å². The third-order valence-electron chi connectivity index (χ3n) is 13.5. The third-order valence-corrected chi connectivity index (χ3v) is 13.5. The number of aryl methyl sites for hydroxylation is 1. The van der Waals surface area contributed by atoms with Crippen LogP contribution in [0.1, 0.15) is 41.6 Å². The standard InChI is InChI=1S/C65H52B2N7O.Pt/c1-65(2,3)47-29-32-58-54(41-47)51-31-30-49(43-62(51)74(58)64-70-57-25-8-9-26-59(57)71(64)4)75-50-40-46(45-19-6-5-7-20-45)39-48(42-50)72-44-73(61-28-11-10-27-60(61)72)63-52(55-23-17-37-68-35-14-12-33-66-55)21-16-22-53(63)56-24-18-38-69-36-15-13-34-67-56;/h5-41,44,68-69H,1-4H3;/q-3;/b33-12-,34-13-,35-14-,36-15-,37-17-,38-18-,55-23-,56-24-;/i4D3;. The summed E-state index contributed by atoms with van der Waals surface area (Å²) in [5.74, 6) is 5.26. The first kappa shape index (κ1) is 46.1. The first-order valence-electron chi connectivity index (χ1n) is 26.5. The molecule has 7 aromatic carbocycles. The van der Waals surface area contributed by atoms with Crippen molar-refractivity contribution in [2.24, 2.45) is 6.98 Å². The molecule has 3 aliphatic heterocycles. The van der Waals surface area contributed by atoms with E-state index in [0.717, 1.165) is 77.8 Å². The summed E-state index contributed by atoms with van der Waals surface area (Å²) in [6, 6.07) is 54.3. The van der Waals surface area contributed by atoms with Crippen LogP contribution in [0.5, 0.6) is 11.5 Å². The van der Waals surface area contributed by atoms with Crippen LogP contribution in [0.25, 0.3) is 60.9 Å². The van der Waals surface area contributed by atoms with E-state index in [1.807, 2.05) is 120 Å². The summed E-state index contributed by atoms with van der Waals surface area (Å²) in [5.41, 5.74) is 13.2. The number of imidazole rings is 1. The quantitative estimate of drug-likeness (QED) is 0.117. The van der Waals surface area contributed by atoms with Crippen molar-refractivity contribution in [2.45, 2.75) is 26.2 Å². The van der Waals surface area contributed by atoms with Crippen LogP contribution in [0.3, 0.4) is 0 Å². The predicted molar refractivity (Wildman–Crippen MR) is 313 cm³/mol. The fraction of sp³-hybridized carbons (Fsp3) is 0.0769. The minimum absolute atomic E-state index is 0. The van der Waals surface area contributed by atoms with E-state index in [0.29, 0.717) is 28.0 Å². The maximum absolute atomic E-state index is 8.77. The first-order valence-corrected chi connectivity index (χ1v) is 25.0. The molecule has 0 unspecified atom stereocenters. The molecule has 0 amide bonds. The van der Waals surface area contributed by atoms with Crippen molar-refractivity contribution in [1.29, 1.82) is 0 Å². The van der Waals surface area contributed by atoms with Gasteiger partial charge in [0.2, 0.25) is 5.95 Å². The molecule has 372 valence electrons. The SMILES string of the molecule is [2H]C([2H])([2H])n1c(-n2c3[c-]c(Oc4[c-]c(N5[CH-]N(c6c(/C7=C/C=C\N/C=C\C=C/[B]7)cccc6/C6=C/C=C\N/C=C\C=C/[B]6)c6ccccc65)cc(-c5ccccc5)c4)ccc3c3cc(C(C)(C)C)ccc32)nc2ccccc21.[Pt]. The zero-order valence-corrected chi connectivity index (χ0v) is 44.3. The number of fused-ring (bicyclic) bond motifs is 5. The van der Waals surface area contributed by atoms with Crippen LogP contribution < -0.4 is 25.2 Å². The molecule has 2 radical (unpaired) electrons. The Bertz CT molecular complexity index is 3980. The van der Waals surface area contributed by atoms with Crippen molar-refractivity contribution in [3.8, 4) is 28.6 Å². The van der Waals surface area contributed by atoms with E-state index in [1.165, 1.54) is 4.57 Å². The van der Waals surface area contributed by atoms with Crippen LogP contribution >= 0.6 is 0 Å². The van der Waals surface area contributed by atoms with Crippen LogP contribution in [0.4, 0.5) is 22.7 Å². The predicted octanol–water partition coefficient (Wildman–Crippen LogP) is 14.8. The zero-order valence-electron chi connectivity index (χ0n) is 45.1. The second-order valence-electron chi connectivity index (χ2n) is 19.4. The average Bonchev–Trinajstić information content (AvgIpc) is 4.19. The molecule has 0 spiro atoms. The molecule has 0 bridgehead atoms. The topological polar surface area (TPSA) is 62.5 Å². The number of nitrogens with zero attached hydrogens (tertiary/aromatic N) is 5. The van der Waals surface area contributed by atoms with Gasteiger partial charge in [-0.1, -0.05) is 146 Å². The number of ether oxygens (including phenoxy) is 1. The number of hydrogen-bond donors (Lipinski definition) is 2. The molecule has 11 heteroatoms. The number of nitrogens with one attached hydrogen (secondary N) is 2. The second kappa shape index (κ2) is 21.4. The van der Waals surface area contributed by atoms with E-state index in [-0.39, 0.29) is 32.4 Å². The monoisotopic (exact) mass is 1170 g/mol. The summed E-state index contributed by atoms with van der Waals surface area (Å²) < 4.78 is 36.5. The van der Waals surface area contributed by atoms with Crippen molar-refractivity contribution in [3.05, 3.63) is 260 Å². The molecule has 8 nitrogen and oxygen atoms in total. The van der Waals surface area contributed by atoms with Gasteiger partial charge in [-0.2, -0.15) is 6.07 Å². The van der Waals surface area contributed by atoms with Crippen molar-refractivity contribution in [3.63, 3.8) is 0 Å². The zero-order chi connectivity index (χ0) is 53.4. The molecule has 5 heterocycles. The van der Waals surface area contributed by atoms with Gasteiger partial charge in [-0.3, -0.25) is 0 Å². The molecule has 3 aliphatic rings. The van der Waals surface area contributed by atoms with Crippen LogP contribution in [-0.2, 0) is 33.5 Å². The van der Waals surface area contributed by atoms with Gasteiger partial charge in [0.1, 0.15) is 0 Å². The molecule has 0 atom stereocenters. The van der Waals surface area contributed by atoms with Crippen molar-refractivity contribution < 1.29 is 29.9 Å². The Morgan fingerprint density at radius 3 is 1.99 bits per heavy atom. The Labute approximate surface area is 465 Å². The summed E-state index contributed by atoms with van der Waals surface area (Å²) >= 11 is 0. The van der Waals surface area contributed by atoms with Gasteiger partial charge in [0.05, 0.1) is 11.0 Å². The maximum Gasteiger partial charge on any atom is 0.213 e. The number of para-hydroxylation sites is 5. The van der Waals surface area contributed by atoms with E-state index in [1.54, 1.807) is 6.07 Å². The molecular formula is C65H52B2N7OPt-3. The molecule has 0 aliphatic carbocycles. The number of aromatic nitrogens is 3. The number of benzene rings is 7. The number of anilines is 4. The third kappa shape index (κ3) is 9.73. The Balaban J connectivity index is 0.00000660. The number of allylic oxidation sites excluding steroid dienone is 8. The molecular weight excluding hydrogens is 1110 g/mol. The van der Waals surface area contributed by atoms with Gasteiger partial charge in [0.25, 0.3) is 0 Å². The fourth-order valence-corrected chi connectivity index (χ4v) is 9.87. The van der Waals surface area contributed by atoms with Gasteiger partial charge in [-0.25, -0.2) is 4.98 Å². The second-order valence-corrected chi connectivity index (χ2v) is 19.4. The van der Waals surface area contributed by atoms with Crippen LogP contribution in [0, 0.1) is 18.8 Å². The summed E-state index contributed by atoms with van der Waals surface area (Å²) in [6.45, 7) is 6.17. The van der Waals surface area contributed by atoms with Crippen LogP contribution in [0.2, 0.25) is 0 Å². The van der Waals surface area contributed by atoms with Gasteiger partial charge in [-0.15, -0.1) is 65.6 Å². The van der Waals surface area contributed by atoms with E-state index >= 15 is 0 Å². The fourth-order valence-electron chi connectivity index (χ4n) is 9.87. The van der Waals surface area contributed by atoms with Crippen molar-refractivity contribution in [1.82, 2.24) is 24.8 Å². The maximum atomic E-state index is 8.77. The molecule has 2 aromatic heterocycles. The van der Waals surface area contributed by atoms with Gasteiger partial charge in [-0.05, 0) is 87.7 Å². The van der Waals surface area contributed by atoms with Crippen molar-refractivity contribution in [2.75, 3.05) is 9.80 Å². The van der Waals surface area contributed by atoms with Crippen LogP contribution in [-0.4, -0.2) is 28.7 Å². The van der Waals surface area contributed by atoms with Crippen molar-refractivity contribution >= 4 is 81.1 Å².